The Hall–Kier alpha value is -1.54. The van der Waals surface area contributed by atoms with E-state index in [-0.39, 0.29) is 30.4 Å². The highest BCUT2D eigenvalue weighted by molar-refractivity contribution is 8.72. The molecule has 2 atom stereocenters. The Bertz CT molecular complexity index is 1150. The number of carbonyl (C=O) groups is 1. The minimum Gasteiger partial charge on any atom is -0.605 e. The SMILES string of the molecule is CNS(=O)(=O)CC1CCC(N(C)c2ncnc3c2ccn3COC(=O)CCCC[C@@H]2CC[S+]([O-])S2)CC1. The zero-order chi connectivity index (χ0) is 26.4. The number of nitrogens with one attached hydrogen (secondary N) is 1. The van der Waals surface area contributed by atoms with Crippen LogP contribution in [0.1, 0.15) is 57.8 Å². The molecule has 1 saturated heterocycles. The maximum absolute atomic E-state index is 12.3. The molecule has 0 bridgehead atoms. The molecule has 1 unspecified atom stereocenters. The Morgan fingerprint density at radius 2 is 2.05 bits per heavy atom. The predicted octanol–water partition coefficient (Wildman–Crippen LogP) is 3.21. The Kier molecular flexibility index (Phi) is 10.0. The first-order valence-corrected chi connectivity index (χ1v) is 17.3. The molecule has 10 nitrogen and oxygen atoms in total. The lowest BCUT2D eigenvalue weighted by Crippen LogP contribution is -2.38. The van der Waals surface area contributed by atoms with E-state index in [2.05, 4.69) is 19.6 Å². The van der Waals surface area contributed by atoms with Crippen LogP contribution in [0.15, 0.2) is 18.6 Å². The summed E-state index contributed by atoms with van der Waals surface area (Å²) in [4.78, 5) is 23.4. The van der Waals surface area contributed by atoms with Crippen LogP contribution in [0.25, 0.3) is 11.0 Å². The first kappa shape index (κ1) is 28.5. The van der Waals surface area contributed by atoms with E-state index in [4.69, 9.17) is 4.74 Å². The van der Waals surface area contributed by atoms with Gasteiger partial charge in [0.1, 0.15) is 23.5 Å². The average molecular weight is 572 g/mol. The van der Waals surface area contributed by atoms with Gasteiger partial charge in [-0.1, -0.05) is 6.42 Å². The average Bonchev–Trinajstić information content (AvgIpc) is 3.51. The van der Waals surface area contributed by atoms with E-state index >= 15 is 0 Å². The largest absolute Gasteiger partial charge is 0.605 e. The summed E-state index contributed by atoms with van der Waals surface area (Å²) in [5.41, 5.74) is 0.713. The molecule has 2 aromatic heterocycles. The topological polar surface area (TPSA) is 129 Å². The molecule has 1 aliphatic carbocycles. The molecular formula is C24H37N5O5S3. The molecule has 37 heavy (non-hydrogen) atoms. The van der Waals surface area contributed by atoms with Crippen molar-refractivity contribution >= 4 is 53.8 Å². The number of ether oxygens (including phenoxy) is 1. The number of hydrogen-bond donors (Lipinski definition) is 1. The van der Waals surface area contributed by atoms with Gasteiger partial charge in [-0.3, -0.25) is 9.36 Å². The van der Waals surface area contributed by atoms with Crippen LogP contribution in [0.5, 0.6) is 0 Å². The second-order valence-corrected chi connectivity index (χ2v) is 15.4. The van der Waals surface area contributed by atoms with Gasteiger partial charge in [-0.2, -0.15) is 0 Å². The van der Waals surface area contributed by atoms with Gasteiger partial charge >= 0.3 is 5.97 Å². The third-order valence-electron chi connectivity index (χ3n) is 7.37. The molecule has 0 aromatic carbocycles. The number of sulfonamides is 1. The highest BCUT2D eigenvalue weighted by Gasteiger charge is 2.29. The van der Waals surface area contributed by atoms with Gasteiger partial charge in [-0.15, -0.1) is 0 Å². The quantitative estimate of drug-likeness (QED) is 0.177. The number of aromatic nitrogens is 3. The van der Waals surface area contributed by atoms with Gasteiger partial charge in [0.25, 0.3) is 0 Å². The normalized spacial score (nSPS) is 24.4. The molecule has 0 amide bonds. The number of hydrogen-bond acceptors (Lipinski definition) is 9. The lowest BCUT2D eigenvalue weighted by molar-refractivity contribution is -0.147. The fourth-order valence-electron chi connectivity index (χ4n) is 5.16. The van der Waals surface area contributed by atoms with E-state index in [1.807, 2.05) is 23.9 Å². The van der Waals surface area contributed by atoms with Crippen LogP contribution in [0.3, 0.4) is 0 Å². The van der Waals surface area contributed by atoms with Crippen LogP contribution in [-0.2, 0) is 36.5 Å². The number of rotatable bonds is 12. The summed E-state index contributed by atoms with van der Waals surface area (Å²) in [6.07, 6.45) is 11.0. The van der Waals surface area contributed by atoms with Gasteiger partial charge in [-0.05, 0) is 57.6 Å². The first-order valence-electron chi connectivity index (χ1n) is 12.9. The Morgan fingerprint density at radius 3 is 2.76 bits per heavy atom. The second kappa shape index (κ2) is 13.0. The van der Waals surface area contributed by atoms with Crippen LogP contribution in [0.4, 0.5) is 5.82 Å². The van der Waals surface area contributed by atoms with Gasteiger partial charge in [0.15, 0.2) is 6.73 Å². The molecule has 0 spiro atoms. The highest BCUT2D eigenvalue weighted by atomic mass is 33.1. The molecule has 1 saturated carbocycles. The minimum atomic E-state index is -3.19. The monoisotopic (exact) mass is 571 g/mol. The van der Waals surface area contributed by atoms with Crippen molar-refractivity contribution in [1.29, 1.82) is 0 Å². The number of unbranched alkanes of at least 4 members (excludes halogenated alkanes) is 1. The minimum absolute atomic E-state index is 0.102. The van der Waals surface area contributed by atoms with E-state index in [1.54, 1.807) is 10.8 Å². The molecule has 2 fully saturated rings. The fraction of sp³-hybridized carbons (Fsp3) is 0.708. The smallest absolute Gasteiger partial charge is 0.307 e. The predicted molar refractivity (Wildman–Crippen MR) is 148 cm³/mol. The Balaban J connectivity index is 1.26. The van der Waals surface area contributed by atoms with Crippen LogP contribution < -0.4 is 9.62 Å². The summed E-state index contributed by atoms with van der Waals surface area (Å²) in [5.74, 6) is 1.74. The molecule has 0 radical (unpaired) electrons. The highest BCUT2D eigenvalue weighted by Crippen LogP contribution is 2.35. The van der Waals surface area contributed by atoms with Crippen LogP contribution in [0.2, 0.25) is 0 Å². The molecule has 13 heteroatoms. The molecule has 3 heterocycles. The van der Waals surface area contributed by atoms with Gasteiger partial charge in [0.2, 0.25) is 10.0 Å². The Morgan fingerprint density at radius 1 is 1.27 bits per heavy atom. The number of nitrogens with zero attached hydrogens (tertiary/aromatic N) is 4. The summed E-state index contributed by atoms with van der Waals surface area (Å²) < 4.78 is 45.0. The zero-order valence-electron chi connectivity index (χ0n) is 21.5. The third-order valence-corrected chi connectivity index (χ3v) is 12.4. The molecular weight excluding hydrogens is 534 g/mol. The van der Waals surface area contributed by atoms with Crippen LogP contribution in [0, 0.1) is 5.92 Å². The molecule has 2 aliphatic rings. The van der Waals surface area contributed by atoms with Crippen molar-refractivity contribution in [3.8, 4) is 0 Å². The zero-order valence-corrected chi connectivity index (χ0v) is 24.0. The molecule has 2 aromatic rings. The third kappa shape index (κ3) is 7.75. The Labute approximate surface area is 225 Å². The second-order valence-electron chi connectivity index (χ2n) is 9.90. The summed E-state index contributed by atoms with van der Waals surface area (Å²) in [6, 6.07) is 2.22. The lowest BCUT2D eigenvalue weighted by Gasteiger charge is -2.35. The number of fused-ring (bicyclic) bond motifs is 1. The maximum atomic E-state index is 12.3. The van der Waals surface area contributed by atoms with Crippen molar-refractivity contribution in [2.75, 3.05) is 30.5 Å². The first-order chi connectivity index (χ1) is 17.8. The van der Waals surface area contributed by atoms with Gasteiger partial charge in [-0.25, -0.2) is 23.1 Å². The van der Waals surface area contributed by atoms with E-state index in [9.17, 15) is 17.8 Å². The van der Waals surface area contributed by atoms with Gasteiger partial charge in [0.05, 0.1) is 27.2 Å². The summed E-state index contributed by atoms with van der Waals surface area (Å²) >= 11 is 0. The van der Waals surface area contributed by atoms with Crippen molar-refractivity contribution in [1.82, 2.24) is 19.3 Å². The molecule has 4 rings (SSSR count). The van der Waals surface area contributed by atoms with Crippen LogP contribution in [-0.4, -0.2) is 70.4 Å². The summed E-state index contributed by atoms with van der Waals surface area (Å²) in [5, 5.41) is 1.35. The van der Waals surface area contributed by atoms with E-state index in [1.165, 1.54) is 13.4 Å². The molecule has 206 valence electrons. The summed E-state index contributed by atoms with van der Waals surface area (Å²) in [7, 11) is 1.13. The van der Waals surface area contributed by atoms with E-state index < -0.39 is 20.2 Å². The molecule has 1 N–H and O–H groups in total. The number of esters is 1. The lowest BCUT2D eigenvalue weighted by atomic mass is 9.86. The van der Waals surface area contributed by atoms with Gasteiger partial charge in [0, 0.05) is 42.3 Å². The molecule has 1 aliphatic heterocycles. The van der Waals surface area contributed by atoms with E-state index in [0.717, 1.165) is 68.3 Å². The van der Waals surface area contributed by atoms with Gasteiger partial charge < -0.3 is 14.2 Å². The van der Waals surface area contributed by atoms with Crippen molar-refractivity contribution in [3.05, 3.63) is 18.6 Å². The summed E-state index contributed by atoms with van der Waals surface area (Å²) in [6.45, 7) is 0.102. The fourth-order valence-corrected chi connectivity index (χ4v) is 9.85. The van der Waals surface area contributed by atoms with Crippen molar-refractivity contribution < 1.29 is 22.5 Å². The van der Waals surface area contributed by atoms with E-state index in [0.29, 0.717) is 17.3 Å². The standard InChI is InChI=1S/C24H37N5O5S3/c1-25-37(32,33)15-18-7-9-19(10-8-18)28(2)23-21-11-13-29(24(21)27-16-26-23)17-34-22(30)6-4-3-5-20-12-14-36(31)35-20/h11,13,16,18-20,25H,3-10,12,14-15,17H2,1-2H3/t18?,19?,20-,36?/m1/s1. The van der Waals surface area contributed by atoms with Crippen molar-refractivity contribution in [2.24, 2.45) is 5.92 Å². The maximum Gasteiger partial charge on any atom is 0.307 e. The van der Waals surface area contributed by atoms with Crippen LogP contribution >= 0.6 is 10.8 Å². The number of anilines is 1. The van der Waals surface area contributed by atoms with Crippen molar-refractivity contribution in [2.45, 2.75) is 75.8 Å². The number of carbonyl (C=O) groups excluding carboxylic acids is 1. The van der Waals surface area contributed by atoms with Crippen molar-refractivity contribution in [3.63, 3.8) is 0 Å².